The molecule has 0 aromatic rings. The molecule has 1 saturated carbocycles. The van der Waals surface area contributed by atoms with Crippen molar-refractivity contribution in [3.63, 3.8) is 0 Å². The highest BCUT2D eigenvalue weighted by Crippen LogP contribution is 2.28. The Morgan fingerprint density at radius 2 is 1.94 bits per heavy atom. The van der Waals surface area contributed by atoms with Crippen LogP contribution in [-0.2, 0) is 4.79 Å². The van der Waals surface area contributed by atoms with E-state index in [2.05, 4.69) is 17.1 Å². The monoisotopic (exact) mass is 224 g/mol. The van der Waals surface area contributed by atoms with E-state index in [0.717, 1.165) is 44.9 Å². The van der Waals surface area contributed by atoms with Crippen molar-refractivity contribution in [1.29, 1.82) is 0 Å². The van der Waals surface area contributed by atoms with Crippen molar-refractivity contribution in [2.75, 3.05) is 26.2 Å². The van der Waals surface area contributed by atoms with Crippen LogP contribution in [0, 0.1) is 11.8 Å². The molecule has 0 atom stereocenters. The third-order valence-electron chi connectivity index (χ3n) is 4.09. The highest BCUT2D eigenvalue weighted by molar-refractivity contribution is 5.79. The smallest absolute Gasteiger partial charge is 0.225 e. The molecule has 0 unspecified atom stereocenters. The number of nitrogens with zero attached hydrogens (tertiary/aromatic N) is 1. The second kappa shape index (κ2) is 5.67. The van der Waals surface area contributed by atoms with Crippen LogP contribution in [0.2, 0.25) is 0 Å². The second-order valence-corrected chi connectivity index (χ2v) is 5.20. The summed E-state index contributed by atoms with van der Waals surface area (Å²) in [6.07, 6.45) is 6.08. The minimum absolute atomic E-state index is 0.293. The maximum atomic E-state index is 12.3. The zero-order chi connectivity index (χ0) is 11.4. The van der Waals surface area contributed by atoms with Crippen molar-refractivity contribution in [3.8, 4) is 0 Å². The first-order chi connectivity index (χ1) is 7.81. The summed E-state index contributed by atoms with van der Waals surface area (Å²) in [5.74, 6) is 1.50. The SMILES string of the molecule is CCN(CC1CCC1)C(=O)C1CCNCC1. The van der Waals surface area contributed by atoms with Crippen molar-refractivity contribution in [2.24, 2.45) is 11.8 Å². The molecule has 1 heterocycles. The van der Waals surface area contributed by atoms with Crippen LogP contribution in [0.3, 0.4) is 0 Å². The second-order valence-electron chi connectivity index (χ2n) is 5.20. The predicted molar refractivity (Wildman–Crippen MR) is 65.2 cm³/mol. The fraction of sp³-hybridized carbons (Fsp3) is 0.923. The van der Waals surface area contributed by atoms with Gasteiger partial charge in [-0.05, 0) is 51.6 Å². The van der Waals surface area contributed by atoms with E-state index in [1.54, 1.807) is 0 Å². The summed E-state index contributed by atoms with van der Waals surface area (Å²) >= 11 is 0. The molecule has 92 valence electrons. The van der Waals surface area contributed by atoms with Crippen molar-refractivity contribution >= 4 is 5.91 Å². The van der Waals surface area contributed by atoms with E-state index in [9.17, 15) is 4.79 Å². The molecule has 2 rings (SSSR count). The molecular formula is C13H24N2O. The minimum Gasteiger partial charge on any atom is -0.342 e. The number of nitrogens with one attached hydrogen (secondary N) is 1. The summed E-state index contributed by atoms with van der Waals surface area (Å²) in [5, 5.41) is 3.32. The molecule has 0 spiro atoms. The maximum Gasteiger partial charge on any atom is 0.225 e. The summed E-state index contributed by atoms with van der Waals surface area (Å²) in [6, 6.07) is 0. The zero-order valence-corrected chi connectivity index (χ0v) is 10.4. The fourth-order valence-electron chi connectivity index (χ4n) is 2.69. The van der Waals surface area contributed by atoms with Gasteiger partial charge in [0.2, 0.25) is 5.91 Å². The summed E-state index contributed by atoms with van der Waals surface area (Å²) in [4.78, 5) is 14.4. The van der Waals surface area contributed by atoms with Crippen molar-refractivity contribution in [1.82, 2.24) is 10.2 Å². The van der Waals surface area contributed by atoms with Gasteiger partial charge in [-0.3, -0.25) is 4.79 Å². The number of hydrogen-bond donors (Lipinski definition) is 1. The van der Waals surface area contributed by atoms with E-state index < -0.39 is 0 Å². The summed E-state index contributed by atoms with van der Waals surface area (Å²) in [5.41, 5.74) is 0. The highest BCUT2D eigenvalue weighted by Gasteiger charge is 2.28. The molecule has 2 fully saturated rings. The molecule has 0 radical (unpaired) electrons. The number of hydrogen-bond acceptors (Lipinski definition) is 2. The Morgan fingerprint density at radius 1 is 1.25 bits per heavy atom. The Bertz CT molecular complexity index is 232. The molecule has 1 N–H and O–H groups in total. The third-order valence-corrected chi connectivity index (χ3v) is 4.09. The molecule has 0 aromatic heterocycles. The fourth-order valence-corrected chi connectivity index (χ4v) is 2.69. The molecule has 3 heteroatoms. The average Bonchev–Trinajstić information content (AvgIpc) is 2.28. The van der Waals surface area contributed by atoms with Crippen LogP contribution in [0.15, 0.2) is 0 Å². The van der Waals surface area contributed by atoms with Crippen LogP contribution in [0.4, 0.5) is 0 Å². The van der Waals surface area contributed by atoms with E-state index >= 15 is 0 Å². The Hall–Kier alpha value is -0.570. The van der Waals surface area contributed by atoms with Crippen molar-refractivity contribution in [3.05, 3.63) is 0 Å². The number of piperidine rings is 1. The molecule has 2 aliphatic rings. The van der Waals surface area contributed by atoms with Gasteiger partial charge in [-0.25, -0.2) is 0 Å². The summed E-state index contributed by atoms with van der Waals surface area (Å²) in [7, 11) is 0. The van der Waals surface area contributed by atoms with Gasteiger partial charge in [-0.15, -0.1) is 0 Å². The molecule has 0 bridgehead atoms. The summed E-state index contributed by atoms with van der Waals surface area (Å²) in [6.45, 7) is 6.03. The number of rotatable bonds is 4. The van der Waals surface area contributed by atoms with E-state index in [4.69, 9.17) is 0 Å². The zero-order valence-electron chi connectivity index (χ0n) is 10.4. The van der Waals surface area contributed by atoms with Crippen LogP contribution in [0.5, 0.6) is 0 Å². The van der Waals surface area contributed by atoms with E-state index in [-0.39, 0.29) is 0 Å². The number of carbonyl (C=O) groups is 1. The molecule has 1 amide bonds. The van der Waals surface area contributed by atoms with Crippen LogP contribution in [0.25, 0.3) is 0 Å². The van der Waals surface area contributed by atoms with Gasteiger partial charge in [0.25, 0.3) is 0 Å². The van der Waals surface area contributed by atoms with Gasteiger partial charge in [-0.2, -0.15) is 0 Å². The standard InChI is InChI=1S/C13H24N2O/c1-2-15(10-11-4-3-5-11)13(16)12-6-8-14-9-7-12/h11-12,14H,2-10H2,1H3. The van der Waals surface area contributed by atoms with Gasteiger partial charge in [0.15, 0.2) is 0 Å². The van der Waals surface area contributed by atoms with E-state index in [1.807, 2.05) is 0 Å². The molecule has 1 aliphatic heterocycles. The largest absolute Gasteiger partial charge is 0.342 e. The molecule has 1 aliphatic carbocycles. The maximum absolute atomic E-state index is 12.3. The van der Waals surface area contributed by atoms with Gasteiger partial charge in [0, 0.05) is 19.0 Å². The average molecular weight is 224 g/mol. The van der Waals surface area contributed by atoms with Crippen LogP contribution < -0.4 is 5.32 Å². The first kappa shape index (κ1) is 11.9. The lowest BCUT2D eigenvalue weighted by molar-refractivity contribution is -0.137. The Morgan fingerprint density at radius 3 is 2.44 bits per heavy atom. The predicted octanol–water partition coefficient (Wildman–Crippen LogP) is 1.63. The third kappa shape index (κ3) is 2.76. The van der Waals surface area contributed by atoms with Gasteiger partial charge in [0.05, 0.1) is 0 Å². The molecule has 1 saturated heterocycles. The Labute approximate surface area is 98.6 Å². The lowest BCUT2D eigenvalue weighted by atomic mass is 9.84. The van der Waals surface area contributed by atoms with Crippen molar-refractivity contribution < 1.29 is 4.79 Å². The highest BCUT2D eigenvalue weighted by atomic mass is 16.2. The molecule has 3 nitrogen and oxygen atoms in total. The number of carbonyl (C=O) groups excluding carboxylic acids is 1. The van der Waals surface area contributed by atoms with Gasteiger partial charge in [0.1, 0.15) is 0 Å². The number of amides is 1. The van der Waals surface area contributed by atoms with Crippen LogP contribution in [0.1, 0.15) is 39.0 Å². The molecular weight excluding hydrogens is 200 g/mol. The van der Waals surface area contributed by atoms with Gasteiger partial charge < -0.3 is 10.2 Å². The summed E-state index contributed by atoms with van der Waals surface area (Å²) < 4.78 is 0. The van der Waals surface area contributed by atoms with Gasteiger partial charge >= 0.3 is 0 Å². The van der Waals surface area contributed by atoms with Crippen LogP contribution in [-0.4, -0.2) is 37.0 Å². The minimum atomic E-state index is 0.293. The van der Waals surface area contributed by atoms with E-state index in [0.29, 0.717) is 11.8 Å². The quantitative estimate of drug-likeness (QED) is 0.787. The normalized spacial score (nSPS) is 22.8. The lowest BCUT2D eigenvalue weighted by Crippen LogP contribution is -2.43. The topological polar surface area (TPSA) is 32.3 Å². The van der Waals surface area contributed by atoms with E-state index in [1.165, 1.54) is 19.3 Å². The van der Waals surface area contributed by atoms with Gasteiger partial charge in [-0.1, -0.05) is 6.42 Å². The first-order valence-electron chi connectivity index (χ1n) is 6.80. The molecule has 0 aromatic carbocycles. The first-order valence-corrected chi connectivity index (χ1v) is 6.80. The van der Waals surface area contributed by atoms with Crippen LogP contribution >= 0.6 is 0 Å². The molecule has 16 heavy (non-hydrogen) atoms. The lowest BCUT2D eigenvalue weighted by Gasteiger charge is -2.34. The Kier molecular flexibility index (Phi) is 4.22. The van der Waals surface area contributed by atoms with Crippen molar-refractivity contribution in [2.45, 2.75) is 39.0 Å². The Balaban J connectivity index is 1.83.